The number of aromatic amines is 1. The second-order valence-electron chi connectivity index (χ2n) is 5.37. The van der Waals surface area contributed by atoms with Crippen molar-refractivity contribution in [1.82, 2.24) is 20.5 Å². The van der Waals surface area contributed by atoms with Crippen LogP contribution in [-0.2, 0) is 0 Å². The van der Waals surface area contributed by atoms with Gasteiger partial charge in [0.2, 0.25) is 5.95 Å². The zero-order valence-corrected chi connectivity index (χ0v) is 12.4. The van der Waals surface area contributed by atoms with Crippen LogP contribution in [0.4, 0.5) is 5.95 Å². The molecule has 1 aromatic carbocycles. The second-order valence-corrected chi connectivity index (χ2v) is 5.80. The molecule has 0 bridgehead atoms. The van der Waals surface area contributed by atoms with Crippen LogP contribution in [0.15, 0.2) is 24.3 Å². The summed E-state index contributed by atoms with van der Waals surface area (Å²) < 4.78 is 0. The van der Waals surface area contributed by atoms with Gasteiger partial charge in [0, 0.05) is 35.8 Å². The minimum absolute atomic E-state index is 0.437. The normalized spacial score (nSPS) is 23.1. The average Bonchev–Trinajstić information content (AvgIpc) is 2.87. The lowest BCUT2D eigenvalue weighted by Gasteiger charge is -2.35. The van der Waals surface area contributed by atoms with Crippen molar-refractivity contribution in [3.63, 3.8) is 0 Å². The molecular weight excluding hydrogens is 274 g/mol. The molecule has 2 heterocycles. The van der Waals surface area contributed by atoms with Crippen LogP contribution in [0.25, 0.3) is 11.4 Å². The molecule has 0 saturated carbocycles. The average molecular weight is 292 g/mol. The van der Waals surface area contributed by atoms with Crippen LogP contribution in [-0.4, -0.2) is 40.4 Å². The number of rotatable bonds is 2. The number of halogens is 1. The second kappa shape index (κ2) is 5.42. The van der Waals surface area contributed by atoms with Gasteiger partial charge in [-0.1, -0.05) is 23.7 Å². The molecule has 2 N–H and O–H groups in total. The van der Waals surface area contributed by atoms with E-state index in [9.17, 15) is 0 Å². The predicted molar refractivity (Wildman–Crippen MR) is 81.1 cm³/mol. The summed E-state index contributed by atoms with van der Waals surface area (Å²) in [6.45, 7) is 6.18. The van der Waals surface area contributed by atoms with Crippen molar-refractivity contribution in [1.29, 1.82) is 0 Å². The van der Waals surface area contributed by atoms with E-state index < -0.39 is 0 Å². The van der Waals surface area contributed by atoms with Crippen molar-refractivity contribution >= 4 is 17.5 Å². The number of anilines is 1. The largest absolute Gasteiger partial charge is 0.336 e. The molecule has 106 valence electrons. The number of H-pyrrole nitrogens is 1. The smallest absolute Gasteiger partial charge is 0.245 e. The lowest BCUT2D eigenvalue weighted by molar-refractivity contribution is 0.403. The summed E-state index contributed by atoms with van der Waals surface area (Å²) >= 11 is 6.01. The number of aromatic nitrogens is 3. The van der Waals surface area contributed by atoms with Gasteiger partial charge in [0.25, 0.3) is 0 Å². The summed E-state index contributed by atoms with van der Waals surface area (Å²) in [6.07, 6.45) is 0. The molecule has 2 unspecified atom stereocenters. The Kier molecular flexibility index (Phi) is 3.63. The molecule has 5 nitrogen and oxygen atoms in total. The fraction of sp³-hybridized carbons (Fsp3) is 0.429. The van der Waals surface area contributed by atoms with Crippen molar-refractivity contribution in [3.05, 3.63) is 29.3 Å². The molecule has 1 aromatic heterocycles. The molecule has 2 atom stereocenters. The zero-order chi connectivity index (χ0) is 14.1. The molecule has 1 aliphatic heterocycles. The highest BCUT2D eigenvalue weighted by Crippen LogP contribution is 2.21. The Labute approximate surface area is 123 Å². The third-order valence-corrected chi connectivity index (χ3v) is 3.65. The first kappa shape index (κ1) is 13.4. The quantitative estimate of drug-likeness (QED) is 0.891. The maximum absolute atomic E-state index is 6.01. The monoisotopic (exact) mass is 291 g/mol. The summed E-state index contributed by atoms with van der Waals surface area (Å²) in [5, 5.41) is 11.5. The van der Waals surface area contributed by atoms with Gasteiger partial charge in [0.05, 0.1) is 0 Å². The van der Waals surface area contributed by atoms with Crippen LogP contribution < -0.4 is 10.2 Å². The fourth-order valence-corrected chi connectivity index (χ4v) is 2.84. The Hall–Kier alpha value is -1.59. The maximum atomic E-state index is 6.01. The Balaban J connectivity index is 1.83. The Morgan fingerprint density at radius 2 is 2.00 bits per heavy atom. The van der Waals surface area contributed by atoms with E-state index in [1.54, 1.807) is 0 Å². The van der Waals surface area contributed by atoms with Gasteiger partial charge in [-0.2, -0.15) is 4.98 Å². The van der Waals surface area contributed by atoms with Crippen LogP contribution in [0, 0.1) is 0 Å². The van der Waals surface area contributed by atoms with Crippen LogP contribution in [0.3, 0.4) is 0 Å². The SMILES string of the molecule is CC1CN(c2n[nH]c(-c3cccc(Cl)c3)n2)CC(C)N1. The summed E-state index contributed by atoms with van der Waals surface area (Å²) in [5.41, 5.74) is 0.951. The number of hydrogen-bond donors (Lipinski definition) is 2. The van der Waals surface area contributed by atoms with Gasteiger partial charge >= 0.3 is 0 Å². The van der Waals surface area contributed by atoms with Crippen molar-refractivity contribution < 1.29 is 0 Å². The van der Waals surface area contributed by atoms with Gasteiger partial charge in [0.15, 0.2) is 5.82 Å². The highest BCUT2D eigenvalue weighted by Gasteiger charge is 2.23. The van der Waals surface area contributed by atoms with Gasteiger partial charge < -0.3 is 10.2 Å². The van der Waals surface area contributed by atoms with Gasteiger partial charge in [0.1, 0.15) is 0 Å². The molecule has 1 saturated heterocycles. The van der Waals surface area contributed by atoms with Gasteiger partial charge in [-0.15, -0.1) is 5.10 Å². The van der Waals surface area contributed by atoms with E-state index in [0.717, 1.165) is 30.4 Å². The molecule has 3 rings (SSSR count). The van der Waals surface area contributed by atoms with Crippen molar-refractivity contribution in [2.75, 3.05) is 18.0 Å². The number of nitrogens with zero attached hydrogens (tertiary/aromatic N) is 3. The Morgan fingerprint density at radius 3 is 2.70 bits per heavy atom. The van der Waals surface area contributed by atoms with Crippen molar-refractivity contribution in [2.24, 2.45) is 0 Å². The first-order valence-corrected chi connectivity index (χ1v) is 7.19. The van der Waals surface area contributed by atoms with Crippen LogP contribution in [0.5, 0.6) is 0 Å². The summed E-state index contributed by atoms with van der Waals surface area (Å²) in [6, 6.07) is 8.49. The third-order valence-electron chi connectivity index (χ3n) is 3.41. The summed E-state index contributed by atoms with van der Waals surface area (Å²) in [7, 11) is 0. The van der Waals surface area contributed by atoms with E-state index in [2.05, 4.69) is 39.2 Å². The van der Waals surface area contributed by atoms with Gasteiger partial charge in [-0.25, -0.2) is 0 Å². The van der Waals surface area contributed by atoms with Crippen molar-refractivity contribution in [3.8, 4) is 11.4 Å². The van der Waals surface area contributed by atoms with Gasteiger partial charge in [-0.3, -0.25) is 5.10 Å². The predicted octanol–water partition coefficient (Wildman–Crippen LogP) is 2.31. The molecule has 0 amide bonds. The van der Waals surface area contributed by atoms with Crippen LogP contribution in [0.1, 0.15) is 13.8 Å². The zero-order valence-electron chi connectivity index (χ0n) is 11.6. The molecule has 0 spiro atoms. The summed E-state index contributed by atoms with van der Waals surface area (Å²) in [5.74, 6) is 1.50. The van der Waals surface area contributed by atoms with Crippen LogP contribution in [0.2, 0.25) is 5.02 Å². The minimum atomic E-state index is 0.437. The number of benzene rings is 1. The molecule has 0 radical (unpaired) electrons. The lowest BCUT2D eigenvalue weighted by atomic mass is 10.1. The van der Waals surface area contributed by atoms with Crippen LogP contribution >= 0.6 is 11.6 Å². The first-order valence-electron chi connectivity index (χ1n) is 6.81. The Morgan fingerprint density at radius 1 is 1.25 bits per heavy atom. The molecule has 1 aliphatic rings. The number of nitrogens with one attached hydrogen (secondary N) is 2. The van der Waals surface area contributed by atoms with E-state index in [1.165, 1.54) is 0 Å². The Bertz CT molecular complexity index is 587. The molecule has 2 aromatic rings. The fourth-order valence-electron chi connectivity index (χ4n) is 2.65. The molecule has 0 aliphatic carbocycles. The third kappa shape index (κ3) is 2.78. The highest BCUT2D eigenvalue weighted by atomic mass is 35.5. The van der Waals surface area contributed by atoms with E-state index in [-0.39, 0.29) is 0 Å². The van der Waals surface area contributed by atoms with E-state index in [1.807, 2.05) is 24.3 Å². The number of hydrogen-bond acceptors (Lipinski definition) is 4. The van der Waals surface area contributed by atoms with E-state index in [4.69, 9.17) is 11.6 Å². The molecule has 6 heteroatoms. The van der Waals surface area contributed by atoms with E-state index >= 15 is 0 Å². The summed E-state index contributed by atoms with van der Waals surface area (Å²) in [4.78, 5) is 6.79. The van der Waals surface area contributed by atoms with Crippen molar-refractivity contribution in [2.45, 2.75) is 25.9 Å². The standard InChI is InChI=1S/C14H18ClN5/c1-9-7-20(8-10(2)16-9)14-17-13(18-19-14)11-4-3-5-12(15)6-11/h3-6,9-10,16H,7-8H2,1-2H3,(H,17,18,19). The minimum Gasteiger partial charge on any atom is -0.336 e. The molecular formula is C14H18ClN5. The maximum Gasteiger partial charge on any atom is 0.245 e. The van der Waals surface area contributed by atoms with E-state index in [0.29, 0.717) is 17.1 Å². The highest BCUT2D eigenvalue weighted by molar-refractivity contribution is 6.30. The number of piperazine rings is 1. The molecule has 20 heavy (non-hydrogen) atoms. The lowest BCUT2D eigenvalue weighted by Crippen LogP contribution is -2.54. The topological polar surface area (TPSA) is 56.8 Å². The molecule has 1 fully saturated rings. The van der Waals surface area contributed by atoms with Gasteiger partial charge in [-0.05, 0) is 26.0 Å². The first-order chi connectivity index (χ1) is 9.61.